The smallest absolute Gasteiger partial charge is 0.270 e. The maximum atomic E-state index is 11.9. The third kappa shape index (κ3) is 2.81. The van der Waals surface area contributed by atoms with Crippen molar-refractivity contribution in [2.45, 2.75) is 26.3 Å². The second kappa shape index (κ2) is 4.17. The number of hydrogen-bond acceptors (Lipinski definition) is 2. The van der Waals surface area contributed by atoms with Gasteiger partial charge in [0.2, 0.25) is 0 Å². The first-order chi connectivity index (χ1) is 7.96. The first-order valence-electron chi connectivity index (χ1n) is 5.64. The summed E-state index contributed by atoms with van der Waals surface area (Å²) in [5.74, 6) is -0.136. The quantitative estimate of drug-likeness (QED) is 0.815. The Morgan fingerprint density at radius 1 is 1.12 bits per heavy atom. The first kappa shape index (κ1) is 11.6. The fourth-order valence-corrected chi connectivity index (χ4v) is 1.60. The zero-order chi connectivity index (χ0) is 12.5. The number of hydrogen-bond donors (Lipinski definition) is 1. The highest BCUT2D eigenvalue weighted by Gasteiger charge is 2.16. The molecule has 1 heterocycles. The third-order valence-electron chi connectivity index (χ3n) is 2.32. The van der Waals surface area contributed by atoms with E-state index in [2.05, 4.69) is 10.3 Å². The number of benzene rings is 1. The predicted octanol–water partition coefficient (Wildman–Crippen LogP) is 2.76. The number of carbonyl (C=O) groups excluding carboxylic acids is 1. The lowest BCUT2D eigenvalue weighted by molar-refractivity contribution is 0.0915. The summed E-state index contributed by atoms with van der Waals surface area (Å²) < 4.78 is 0. The Kier molecular flexibility index (Phi) is 2.84. The van der Waals surface area contributed by atoms with Crippen LogP contribution in [-0.2, 0) is 0 Å². The van der Waals surface area contributed by atoms with Crippen molar-refractivity contribution >= 4 is 16.8 Å². The topological polar surface area (TPSA) is 42.0 Å². The lowest BCUT2D eigenvalue weighted by atomic mass is 10.1. The number of amides is 1. The van der Waals surface area contributed by atoms with E-state index < -0.39 is 0 Å². The molecule has 0 radical (unpaired) electrons. The number of para-hydroxylation sites is 1. The average Bonchev–Trinajstić information content (AvgIpc) is 2.26. The standard InChI is InChI=1S/C14H16N2O/c1-14(2,3)16-13(17)12-9-8-10-6-4-5-7-11(10)15-12/h4-9H,1-3H3,(H,16,17). The van der Waals surface area contributed by atoms with Crippen LogP contribution in [0.3, 0.4) is 0 Å². The van der Waals surface area contributed by atoms with Gasteiger partial charge in [0, 0.05) is 10.9 Å². The fourth-order valence-electron chi connectivity index (χ4n) is 1.60. The Morgan fingerprint density at radius 3 is 2.53 bits per heavy atom. The molecule has 1 aromatic carbocycles. The maximum Gasteiger partial charge on any atom is 0.270 e. The molecular weight excluding hydrogens is 212 g/mol. The molecule has 0 unspecified atom stereocenters. The number of pyridine rings is 1. The summed E-state index contributed by atoms with van der Waals surface area (Å²) in [4.78, 5) is 16.3. The van der Waals surface area contributed by atoms with Gasteiger partial charge in [0.05, 0.1) is 5.52 Å². The van der Waals surface area contributed by atoms with Crippen LogP contribution >= 0.6 is 0 Å². The molecule has 1 amide bonds. The summed E-state index contributed by atoms with van der Waals surface area (Å²) in [5, 5.41) is 3.94. The highest BCUT2D eigenvalue weighted by atomic mass is 16.2. The summed E-state index contributed by atoms with van der Waals surface area (Å²) in [7, 11) is 0. The molecule has 3 nitrogen and oxygen atoms in total. The summed E-state index contributed by atoms with van der Waals surface area (Å²) in [6, 6.07) is 11.4. The second-order valence-corrected chi connectivity index (χ2v) is 5.09. The Bertz CT molecular complexity index is 555. The van der Waals surface area contributed by atoms with Crippen LogP contribution in [0.5, 0.6) is 0 Å². The molecule has 0 aliphatic carbocycles. The van der Waals surface area contributed by atoms with E-state index in [1.165, 1.54) is 0 Å². The van der Waals surface area contributed by atoms with Crippen molar-refractivity contribution in [2.24, 2.45) is 0 Å². The van der Waals surface area contributed by atoms with E-state index in [9.17, 15) is 4.79 Å². The van der Waals surface area contributed by atoms with Gasteiger partial charge in [0.25, 0.3) is 5.91 Å². The van der Waals surface area contributed by atoms with Crippen LogP contribution in [0.2, 0.25) is 0 Å². The number of aromatic nitrogens is 1. The number of nitrogens with one attached hydrogen (secondary N) is 1. The van der Waals surface area contributed by atoms with Gasteiger partial charge in [-0.1, -0.05) is 24.3 Å². The highest BCUT2D eigenvalue weighted by molar-refractivity contribution is 5.95. The summed E-state index contributed by atoms with van der Waals surface area (Å²) >= 11 is 0. The lowest BCUT2D eigenvalue weighted by Crippen LogP contribution is -2.40. The Hall–Kier alpha value is -1.90. The molecular formula is C14H16N2O. The van der Waals surface area contributed by atoms with Crippen LogP contribution in [0.1, 0.15) is 31.3 Å². The van der Waals surface area contributed by atoms with E-state index in [1.807, 2.05) is 51.1 Å². The van der Waals surface area contributed by atoms with Crippen molar-refractivity contribution < 1.29 is 4.79 Å². The van der Waals surface area contributed by atoms with Gasteiger partial charge in [-0.05, 0) is 32.9 Å². The minimum atomic E-state index is -0.246. The largest absolute Gasteiger partial charge is 0.346 e. The molecule has 0 spiro atoms. The third-order valence-corrected chi connectivity index (χ3v) is 2.32. The minimum absolute atomic E-state index is 0.136. The van der Waals surface area contributed by atoms with Crippen LogP contribution in [0.4, 0.5) is 0 Å². The minimum Gasteiger partial charge on any atom is -0.346 e. The molecule has 2 aromatic rings. The second-order valence-electron chi connectivity index (χ2n) is 5.09. The van der Waals surface area contributed by atoms with Crippen molar-refractivity contribution in [1.29, 1.82) is 0 Å². The van der Waals surface area contributed by atoms with E-state index in [0.29, 0.717) is 5.69 Å². The number of rotatable bonds is 1. The van der Waals surface area contributed by atoms with Gasteiger partial charge < -0.3 is 5.32 Å². The summed E-state index contributed by atoms with van der Waals surface area (Å²) in [6.45, 7) is 5.85. The first-order valence-corrected chi connectivity index (χ1v) is 5.64. The number of nitrogens with zero attached hydrogens (tertiary/aromatic N) is 1. The van der Waals surface area contributed by atoms with Crippen molar-refractivity contribution in [3.63, 3.8) is 0 Å². The number of fused-ring (bicyclic) bond motifs is 1. The van der Waals surface area contributed by atoms with Gasteiger partial charge in [0.1, 0.15) is 5.69 Å². The summed E-state index contributed by atoms with van der Waals surface area (Å²) in [6.07, 6.45) is 0. The SMILES string of the molecule is CC(C)(C)NC(=O)c1ccc2ccccc2n1. The molecule has 2 rings (SSSR count). The molecule has 1 N–H and O–H groups in total. The van der Waals surface area contributed by atoms with Crippen LogP contribution in [0, 0.1) is 0 Å². The molecule has 0 atom stereocenters. The predicted molar refractivity (Wildman–Crippen MR) is 69.0 cm³/mol. The Balaban J connectivity index is 2.33. The van der Waals surface area contributed by atoms with Crippen LogP contribution < -0.4 is 5.32 Å². The van der Waals surface area contributed by atoms with Gasteiger partial charge in [-0.15, -0.1) is 0 Å². The Labute approximate surface area is 101 Å². The van der Waals surface area contributed by atoms with E-state index in [1.54, 1.807) is 6.07 Å². The lowest BCUT2D eigenvalue weighted by Gasteiger charge is -2.20. The molecule has 0 saturated heterocycles. The van der Waals surface area contributed by atoms with Crippen LogP contribution in [0.25, 0.3) is 10.9 Å². The van der Waals surface area contributed by atoms with Crippen LogP contribution in [-0.4, -0.2) is 16.4 Å². The van der Waals surface area contributed by atoms with Crippen molar-refractivity contribution in [3.8, 4) is 0 Å². The van der Waals surface area contributed by atoms with E-state index in [-0.39, 0.29) is 11.4 Å². The van der Waals surface area contributed by atoms with E-state index in [4.69, 9.17) is 0 Å². The molecule has 0 aliphatic rings. The van der Waals surface area contributed by atoms with Crippen molar-refractivity contribution in [3.05, 3.63) is 42.1 Å². The molecule has 3 heteroatoms. The van der Waals surface area contributed by atoms with Crippen molar-refractivity contribution in [1.82, 2.24) is 10.3 Å². The Morgan fingerprint density at radius 2 is 1.82 bits per heavy atom. The van der Waals surface area contributed by atoms with Crippen LogP contribution in [0.15, 0.2) is 36.4 Å². The fraction of sp³-hybridized carbons (Fsp3) is 0.286. The monoisotopic (exact) mass is 228 g/mol. The maximum absolute atomic E-state index is 11.9. The molecule has 88 valence electrons. The molecule has 17 heavy (non-hydrogen) atoms. The van der Waals surface area contributed by atoms with E-state index in [0.717, 1.165) is 10.9 Å². The zero-order valence-electron chi connectivity index (χ0n) is 10.3. The normalized spacial score (nSPS) is 11.5. The highest BCUT2D eigenvalue weighted by Crippen LogP contribution is 2.12. The molecule has 1 aromatic heterocycles. The zero-order valence-corrected chi connectivity index (χ0v) is 10.3. The van der Waals surface area contributed by atoms with Gasteiger partial charge in [0.15, 0.2) is 0 Å². The molecule has 0 fully saturated rings. The molecule has 0 bridgehead atoms. The van der Waals surface area contributed by atoms with Gasteiger partial charge in [-0.3, -0.25) is 4.79 Å². The molecule has 0 aliphatic heterocycles. The molecule has 0 saturated carbocycles. The van der Waals surface area contributed by atoms with Gasteiger partial charge in [-0.25, -0.2) is 4.98 Å². The van der Waals surface area contributed by atoms with Gasteiger partial charge in [-0.2, -0.15) is 0 Å². The van der Waals surface area contributed by atoms with Gasteiger partial charge >= 0.3 is 0 Å². The number of carbonyl (C=O) groups is 1. The van der Waals surface area contributed by atoms with E-state index >= 15 is 0 Å². The average molecular weight is 228 g/mol. The summed E-state index contributed by atoms with van der Waals surface area (Å²) in [5.41, 5.74) is 1.05. The van der Waals surface area contributed by atoms with Crippen molar-refractivity contribution in [2.75, 3.05) is 0 Å².